The molecule has 5 nitrogen and oxygen atoms in total. The Morgan fingerprint density at radius 3 is 2.48 bits per heavy atom. The summed E-state index contributed by atoms with van der Waals surface area (Å²) in [5.74, 6) is 0.124. The van der Waals surface area contributed by atoms with E-state index in [9.17, 15) is 9.59 Å². The lowest BCUT2D eigenvalue weighted by atomic mass is 9.99. The molecule has 1 N–H and O–H groups in total. The number of benzene rings is 1. The number of pyridine rings is 1. The lowest BCUT2D eigenvalue weighted by Gasteiger charge is -2.19. The average Bonchev–Trinajstić information content (AvgIpc) is 3.03. The fraction of sp³-hybridized carbons (Fsp3) is 0.409. The van der Waals surface area contributed by atoms with E-state index < -0.39 is 0 Å². The van der Waals surface area contributed by atoms with Crippen molar-refractivity contribution < 1.29 is 9.59 Å². The number of rotatable bonds is 6. The van der Waals surface area contributed by atoms with Crippen LogP contribution in [-0.2, 0) is 16.1 Å². The van der Waals surface area contributed by atoms with Crippen LogP contribution < -0.4 is 5.32 Å². The van der Waals surface area contributed by atoms with Crippen LogP contribution >= 0.6 is 0 Å². The molecule has 0 bridgehead atoms. The Morgan fingerprint density at radius 2 is 1.85 bits per heavy atom. The topological polar surface area (TPSA) is 62.3 Å². The summed E-state index contributed by atoms with van der Waals surface area (Å²) in [5.41, 5.74) is 3.19. The number of likely N-dealkylation sites (tertiary alicyclic amines) is 1. The summed E-state index contributed by atoms with van der Waals surface area (Å²) in [6.45, 7) is 7.20. The van der Waals surface area contributed by atoms with E-state index in [1.807, 2.05) is 25.1 Å². The van der Waals surface area contributed by atoms with Gasteiger partial charge in [-0.2, -0.15) is 0 Å². The van der Waals surface area contributed by atoms with Crippen molar-refractivity contribution in [1.29, 1.82) is 0 Å². The lowest BCUT2D eigenvalue weighted by molar-refractivity contribution is -0.129. The van der Waals surface area contributed by atoms with Crippen LogP contribution in [0, 0.1) is 5.92 Å². The highest BCUT2D eigenvalue weighted by atomic mass is 16.2. The van der Waals surface area contributed by atoms with Gasteiger partial charge in [0.1, 0.15) is 0 Å². The second kappa shape index (κ2) is 8.33. The maximum Gasteiger partial charge on any atom is 0.225 e. The first-order valence-electron chi connectivity index (χ1n) is 9.52. The molecule has 0 radical (unpaired) electrons. The molecule has 5 heteroatoms. The number of carbonyl (C=O) groups is 2. The monoisotopic (exact) mass is 365 g/mol. The second-order valence-electron chi connectivity index (χ2n) is 7.55. The standard InChI is InChI=1S/C22H27N3O2/c1-15(2)17-7-9-18(10-8-17)16(3)24-22(27)19-12-21(26)25(13-19)14-20-6-4-5-11-23-20/h4-11,15-16,19H,12-14H2,1-3H3,(H,24,27). The minimum atomic E-state index is -0.307. The van der Waals surface area contributed by atoms with Gasteiger partial charge in [0.25, 0.3) is 0 Å². The number of hydrogen-bond acceptors (Lipinski definition) is 3. The van der Waals surface area contributed by atoms with Gasteiger partial charge in [0, 0.05) is 19.2 Å². The van der Waals surface area contributed by atoms with Crippen LogP contribution in [0.2, 0.25) is 0 Å². The molecule has 0 spiro atoms. The highest BCUT2D eigenvalue weighted by Gasteiger charge is 2.34. The van der Waals surface area contributed by atoms with Crippen LogP contribution in [0.25, 0.3) is 0 Å². The van der Waals surface area contributed by atoms with Crippen LogP contribution in [-0.4, -0.2) is 28.2 Å². The summed E-state index contributed by atoms with van der Waals surface area (Å²) in [7, 11) is 0. The third kappa shape index (κ3) is 4.73. The van der Waals surface area contributed by atoms with Gasteiger partial charge in [-0.3, -0.25) is 14.6 Å². The van der Waals surface area contributed by atoms with Crippen molar-refractivity contribution in [2.45, 2.75) is 45.7 Å². The van der Waals surface area contributed by atoms with Crippen LogP contribution in [0.5, 0.6) is 0 Å². The Bertz CT molecular complexity index is 787. The molecule has 27 heavy (non-hydrogen) atoms. The number of hydrogen-bond donors (Lipinski definition) is 1. The largest absolute Gasteiger partial charge is 0.349 e. The van der Waals surface area contributed by atoms with E-state index in [0.717, 1.165) is 11.3 Å². The zero-order chi connectivity index (χ0) is 19.4. The van der Waals surface area contributed by atoms with Crippen molar-refractivity contribution in [2.75, 3.05) is 6.54 Å². The van der Waals surface area contributed by atoms with Crippen molar-refractivity contribution in [3.05, 3.63) is 65.5 Å². The predicted molar refractivity (Wildman–Crippen MR) is 105 cm³/mol. The minimum absolute atomic E-state index is 0.00902. The molecule has 1 aliphatic rings. The van der Waals surface area contributed by atoms with E-state index in [1.54, 1.807) is 11.1 Å². The molecule has 0 saturated carbocycles. The third-order valence-electron chi connectivity index (χ3n) is 5.13. The minimum Gasteiger partial charge on any atom is -0.349 e. The van der Waals surface area contributed by atoms with E-state index in [4.69, 9.17) is 0 Å². The maximum atomic E-state index is 12.6. The fourth-order valence-corrected chi connectivity index (χ4v) is 3.37. The van der Waals surface area contributed by atoms with Gasteiger partial charge in [0.2, 0.25) is 11.8 Å². The molecule has 2 heterocycles. The third-order valence-corrected chi connectivity index (χ3v) is 5.13. The van der Waals surface area contributed by atoms with Gasteiger partial charge in [0.15, 0.2) is 0 Å². The molecular weight excluding hydrogens is 338 g/mol. The molecule has 1 aromatic heterocycles. The van der Waals surface area contributed by atoms with Crippen molar-refractivity contribution in [1.82, 2.24) is 15.2 Å². The average molecular weight is 365 g/mol. The van der Waals surface area contributed by atoms with Gasteiger partial charge in [-0.15, -0.1) is 0 Å². The van der Waals surface area contributed by atoms with Gasteiger partial charge >= 0.3 is 0 Å². The molecule has 2 amide bonds. The molecule has 142 valence electrons. The Labute approximate surface area is 160 Å². The zero-order valence-electron chi connectivity index (χ0n) is 16.2. The number of amides is 2. The Kier molecular flexibility index (Phi) is 5.89. The first kappa shape index (κ1) is 19.1. The van der Waals surface area contributed by atoms with Crippen LogP contribution in [0.4, 0.5) is 0 Å². The maximum absolute atomic E-state index is 12.6. The Balaban J connectivity index is 1.57. The van der Waals surface area contributed by atoms with E-state index in [-0.39, 0.29) is 30.2 Å². The first-order chi connectivity index (χ1) is 12.9. The summed E-state index contributed by atoms with van der Waals surface area (Å²) < 4.78 is 0. The van der Waals surface area contributed by atoms with Crippen LogP contribution in [0.1, 0.15) is 56.0 Å². The van der Waals surface area contributed by atoms with Crippen molar-refractivity contribution in [2.24, 2.45) is 5.92 Å². The van der Waals surface area contributed by atoms with Gasteiger partial charge < -0.3 is 10.2 Å². The lowest BCUT2D eigenvalue weighted by Crippen LogP contribution is -2.34. The number of nitrogens with one attached hydrogen (secondary N) is 1. The first-order valence-corrected chi connectivity index (χ1v) is 9.52. The molecule has 1 aliphatic heterocycles. The van der Waals surface area contributed by atoms with Gasteiger partial charge in [-0.1, -0.05) is 44.2 Å². The van der Waals surface area contributed by atoms with Crippen LogP contribution in [0.15, 0.2) is 48.7 Å². The van der Waals surface area contributed by atoms with Gasteiger partial charge in [0.05, 0.1) is 24.2 Å². The molecule has 0 aliphatic carbocycles. The molecule has 1 aromatic carbocycles. The summed E-state index contributed by atoms with van der Waals surface area (Å²) >= 11 is 0. The number of nitrogens with zero attached hydrogens (tertiary/aromatic N) is 2. The normalized spacial score (nSPS) is 18.0. The summed E-state index contributed by atoms with van der Waals surface area (Å²) in [6, 6.07) is 13.9. The molecular formula is C22H27N3O2. The Morgan fingerprint density at radius 1 is 1.15 bits per heavy atom. The summed E-state index contributed by atoms with van der Waals surface area (Å²) in [5, 5.41) is 3.06. The van der Waals surface area contributed by atoms with Crippen molar-refractivity contribution in [3.8, 4) is 0 Å². The second-order valence-corrected chi connectivity index (χ2v) is 7.55. The zero-order valence-corrected chi connectivity index (χ0v) is 16.2. The molecule has 3 rings (SSSR count). The molecule has 1 saturated heterocycles. The predicted octanol–water partition coefficient (Wildman–Crippen LogP) is 3.43. The number of aromatic nitrogens is 1. The van der Waals surface area contributed by atoms with E-state index in [2.05, 4.69) is 48.4 Å². The highest BCUT2D eigenvalue weighted by molar-refractivity contribution is 5.89. The smallest absolute Gasteiger partial charge is 0.225 e. The Hall–Kier alpha value is -2.69. The fourth-order valence-electron chi connectivity index (χ4n) is 3.37. The van der Waals surface area contributed by atoms with E-state index in [0.29, 0.717) is 19.0 Å². The summed E-state index contributed by atoms with van der Waals surface area (Å²) in [6.07, 6.45) is 1.98. The summed E-state index contributed by atoms with van der Waals surface area (Å²) in [4.78, 5) is 30.9. The van der Waals surface area contributed by atoms with Crippen molar-refractivity contribution in [3.63, 3.8) is 0 Å². The molecule has 2 unspecified atom stereocenters. The molecule has 2 atom stereocenters. The van der Waals surface area contributed by atoms with Crippen molar-refractivity contribution >= 4 is 11.8 Å². The van der Waals surface area contributed by atoms with Gasteiger partial charge in [-0.25, -0.2) is 0 Å². The molecule has 2 aromatic rings. The van der Waals surface area contributed by atoms with Crippen LogP contribution in [0.3, 0.4) is 0 Å². The van der Waals surface area contributed by atoms with Gasteiger partial charge in [-0.05, 0) is 36.1 Å². The SMILES string of the molecule is CC(C)c1ccc(C(C)NC(=O)C2CC(=O)N(Cc3ccccn3)C2)cc1. The quantitative estimate of drug-likeness (QED) is 0.853. The highest BCUT2D eigenvalue weighted by Crippen LogP contribution is 2.22. The van der Waals surface area contributed by atoms with E-state index >= 15 is 0 Å². The molecule has 1 fully saturated rings. The number of carbonyl (C=O) groups excluding carboxylic acids is 2. The van der Waals surface area contributed by atoms with E-state index in [1.165, 1.54) is 5.56 Å².